The van der Waals surface area contributed by atoms with Gasteiger partial charge < -0.3 is 18.5 Å². The minimum Gasteiger partial charge on any atom is -0.343 e. The normalized spacial score (nSPS) is 12.6. The van der Waals surface area contributed by atoms with Crippen molar-refractivity contribution in [3.05, 3.63) is 35.4 Å². The molecule has 0 bridgehead atoms. The highest BCUT2D eigenvalue weighted by molar-refractivity contribution is 7.55. The van der Waals surface area contributed by atoms with Gasteiger partial charge in [-0.3, -0.25) is 4.57 Å². The molecule has 0 heterocycles. The lowest BCUT2D eigenvalue weighted by Crippen LogP contribution is -2.36. The summed E-state index contributed by atoms with van der Waals surface area (Å²) in [6, 6.07) is 8.34. The quantitative estimate of drug-likeness (QED) is 0.440. The van der Waals surface area contributed by atoms with E-state index in [1.54, 1.807) is 13.8 Å². The zero-order valence-electron chi connectivity index (χ0n) is 14.8. The van der Waals surface area contributed by atoms with Crippen molar-refractivity contribution in [3.8, 4) is 0 Å². The van der Waals surface area contributed by atoms with Gasteiger partial charge in [0.25, 0.3) is 5.53 Å². The van der Waals surface area contributed by atoms with Crippen LogP contribution in [0.4, 0.5) is 0 Å². The van der Waals surface area contributed by atoms with E-state index in [0.29, 0.717) is 12.8 Å². The first kappa shape index (κ1) is 20.3. The average Bonchev–Trinajstić information content (AvgIpc) is 2.57. The molecule has 0 saturated heterocycles. The summed E-state index contributed by atoms with van der Waals surface area (Å²) in [5.41, 5.74) is 1.01. The van der Waals surface area contributed by atoms with Gasteiger partial charge in [0.05, 0.1) is 13.2 Å². The fourth-order valence-electron chi connectivity index (χ4n) is 2.47. The van der Waals surface area contributed by atoms with E-state index in [9.17, 15) is 4.57 Å². The number of hydrogen-bond acceptors (Lipinski definition) is 5. The summed E-state index contributed by atoms with van der Waals surface area (Å²) in [5, 5.41) is 0. The summed E-state index contributed by atoms with van der Waals surface area (Å²) < 4.78 is 35.0. The van der Waals surface area contributed by atoms with Crippen molar-refractivity contribution < 1.29 is 23.1 Å². The standard InChI is InChI=1S/C17H29O5P/c1-6-15-9-11-16(12-10-15)13-14-17(19-4,20-5)23(18,21-7-2)22-8-3/h9-12H,6-8,13-14H2,1-5H3. The van der Waals surface area contributed by atoms with Crippen LogP contribution in [0.2, 0.25) is 0 Å². The predicted octanol–water partition coefficient (Wildman–Crippen LogP) is 4.39. The Morgan fingerprint density at radius 2 is 1.39 bits per heavy atom. The summed E-state index contributed by atoms with van der Waals surface area (Å²) in [5.74, 6) is 0. The number of aryl methyl sites for hydroxylation is 2. The Balaban J connectivity index is 2.96. The SMILES string of the molecule is CCOP(=O)(OCC)C(CCc1ccc(CC)cc1)(OC)OC. The van der Waals surface area contributed by atoms with E-state index in [1.165, 1.54) is 19.8 Å². The zero-order valence-corrected chi connectivity index (χ0v) is 15.7. The number of hydrogen-bond donors (Lipinski definition) is 0. The second kappa shape index (κ2) is 9.55. The van der Waals surface area contributed by atoms with Gasteiger partial charge in [0.1, 0.15) is 0 Å². The van der Waals surface area contributed by atoms with E-state index in [4.69, 9.17) is 18.5 Å². The van der Waals surface area contributed by atoms with Crippen LogP contribution in [-0.2, 0) is 35.9 Å². The Labute approximate surface area is 139 Å². The molecule has 0 fully saturated rings. The van der Waals surface area contributed by atoms with Crippen LogP contribution >= 0.6 is 7.60 Å². The molecule has 23 heavy (non-hydrogen) atoms. The summed E-state index contributed by atoms with van der Waals surface area (Å²) in [6.45, 7) is 6.18. The molecule has 0 amide bonds. The van der Waals surface area contributed by atoms with Crippen LogP contribution in [-0.4, -0.2) is 33.0 Å². The fourth-order valence-corrected chi connectivity index (χ4v) is 4.45. The van der Waals surface area contributed by atoms with Crippen LogP contribution in [0.3, 0.4) is 0 Å². The zero-order chi connectivity index (χ0) is 17.3. The third kappa shape index (κ3) is 4.88. The maximum atomic E-state index is 13.1. The average molecular weight is 344 g/mol. The molecule has 1 aromatic carbocycles. The first-order chi connectivity index (χ1) is 11.0. The maximum Gasteiger partial charge on any atom is 0.389 e. The topological polar surface area (TPSA) is 54.0 Å². The highest BCUT2D eigenvalue weighted by Crippen LogP contribution is 2.62. The van der Waals surface area contributed by atoms with Crippen molar-refractivity contribution in [2.45, 2.75) is 45.6 Å². The van der Waals surface area contributed by atoms with Crippen LogP contribution in [0.25, 0.3) is 0 Å². The van der Waals surface area contributed by atoms with E-state index in [-0.39, 0.29) is 13.2 Å². The largest absolute Gasteiger partial charge is 0.389 e. The van der Waals surface area contributed by atoms with Crippen LogP contribution < -0.4 is 0 Å². The van der Waals surface area contributed by atoms with Gasteiger partial charge in [0.15, 0.2) is 0 Å². The Morgan fingerprint density at radius 1 is 0.913 bits per heavy atom. The van der Waals surface area contributed by atoms with E-state index >= 15 is 0 Å². The number of methoxy groups -OCH3 is 2. The van der Waals surface area contributed by atoms with Gasteiger partial charge in [-0.2, -0.15) is 0 Å². The molecule has 1 rings (SSSR count). The highest BCUT2D eigenvalue weighted by Gasteiger charge is 2.52. The lowest BCUT2D eigenvalue weighted by atomic mass is 10.1. The molecule has 0 aliphatic heterocycles. The summed E-state index contributed by atoms with van der Waals surface area (Å²) in [6.07, 6.45) is 2.03. The van der Waals surface area contributed by atoms with Crippen LogP contribution in [0.1, 0.15) is 38.3 Å². The third-order valence-electron chi connectivity index (χ3n) is 3.81. The molecule has 0 atom stereocenters. The molecular formula is C17H29O5P. The minimum absolute atomic E-state index is 0.261. The summed E-state index contributed by atoms with van der Waals surface area (Å²) >= 11 is 0. The summed E-state index contributed by atoms with van der Waals surface area (Å²) in [4.78, 5) is 0. The van der Waals surface area contributed by atoms with Gasteiger partial charge >= 0.3 is 7.60 Å². The molecule has 0 N–H and O–H groups in total. The van der Waals surface area contributed by atoms with Crippen LogP contribution in [0, 0.1) is 0 Å². The number of benzene rings is 1. The molecule has 0 aliphatic carbocycles. The van der Waals surface area contributed by atoms with Crippen molar-refractivity contribution in [1.29, 1.82) is 0 Å². The minimum atomic E-state index is -3.56. The third-order valence-corrected chi connectivity index (χ3v) is 6.43. The molecule has 5 nitrogen and oxygen atoms in total. The second-order valence-corrected chi connectivity index (χ2v) is 7.32. The number of ether oxygens (including phenoxy) is 2. The lowest BCUT2D eigenvalue weighted by Gasteiger charge is -2.36. The van der Waals surface area contributed by atoms with Gasteiger partial charge in [-0.05, 0) is 37.8 Å². The number of rotatable bonds is 11. The molecule has 0 unspecified atom stereocenters. The van der Waals surface area contributed by atoms with Crippen molar-refractivity contribution in [1.82, 2.24) is 0 Å². The molecule has 0 radical (unpaired) electrons. The Kier molecular flexibility index (Phi) is 8.45. The Hall–Kier alpha value is -0.710. The lowest BCUT2D eigenvalue weighted by molar-refractivity contribution is -0.163. The van der Waals surface area contributed by atoms with E-state index in [0.717, 1.165) is 12.0 Å². The molecule has 6 heteroatoms. The Morgan fingerprint density at radius 3 is 1.78 bits per heavy atom. The van der Waals surface area contributed by atoms with Gasteiger partial charge in [-0.25, -0.2) is 0 Å². The van der Waals surface area contributed by atoms with E-state index in [2.05, 4.69) is 31.2 Å². The van der Waals surface area contributed by atoms with Crippen LogP contribution in [0.15, 0.2) is 24.3 Å². The monoisotopic (exact) mass is 344 g/mol. The van der Waals surface area contributed by atoms with Crippen molar-refractivity contribution in [2.75, 3.05) is 27.4 Å². The van der Waals surface area contributed by atoms with E-state index < -0.39 is 13.1 Å². The first-order valence-electron chi connectivity index (χ1n) is 8.08. The van der Waals surface area contributed by atoms with Crippen LogP contribution in [0.5, 0.6) is 0 Å². The molecule has 0 saturated carbocycles. The maximum absolute atomic E-state index is 13.1. The molecule has 1 aromatic rings. The van der Waals surface area contributed by atoms with Gasteiger partial charge in [-0.15, -0.1) is 0 Å². The van der Waals surface area contributed by atoms with Gasteiger partial charge in [0, 0.05) is 20.6 Å². The molecular weight excluding hydrogens is 315 g/mol. The summed E-state index contributed by atoms with van der Waals surface area (Å²) in [7, 11) is -0.624. The Bertz CT molecular complexity index is 486. The molecule has 0 spiro atoms. The van der Waals surface area contributed by atoms with Gasteiger partial charge in [0.2, 0.25) is 0 Å². The highest BCUT2D eigenvalue weighted by atomic mass is 31.2. The fraction of sp³-hybridized carbons (Fsp3) is 0.647. The molecule has 132 valence electrons. The van der Waals surface area contributed by atoms with E-state index in [1.807, 2.05) is 0 Å². The molecule has 0 aliphatic rings. The second-order valence-electron chi connectivity index (χ2n) is 5.12. The smallest absolute Gasteiger partial charge is 0.343 e. The van der Waals surface area contributed by atoms with Gasteiger partial charge in [-0.1, -0.05) is 31.2 Å². The first-order valence-corrected chi connectivity index (χ1v) is 9.62. The van der Waals surface area contributed by atoms with Crippen molar-refractivity contribution >= 4 is 7.60 Å². The molecule has 0 aromatic heterocycles. The van der Waals surface area contributed by atoms with Crippen molar-refractivity contribution in [3.63, 3.8) is 0 Å². The predicted molar refractivity (Wildman–Crippen MR) is 91.7 cm³/mol. The van der Waals surface area contributed by atoms with Crippen molar-refractivity contribution in [2.24, 2.45) is 0 Å².